The van der Waals surface area contributed by atoms with Gasteiger partial charge in [0.15, 0.2) is 0 Å². The Balaban J connectivity index is 2.11. The molecule has 0 saturated heterocycles. The summed E-state index contributed by atoms with van der Waals surface area (Å²) in [5, 5.41) is 4.13. The van der Waals surface area contributed by atoms with Gasteiger partial charge in [-0.05, 0) is 74.4 Å². The van der Waals surface area contributed by atoms with Gasteiger partial charge in [0.1, 0.15) is 0 Å². The van der Waals surface area contributed by atoms with Gasteiger partial charge in [-0.25, -0.2) is 0 Å². The molecule has 0 bridgehead atoms. The largest absolute Gasteiger partial charge is 0.380 e. The fourth-order valence-electron chi connectivity index (χ4n) is 1.49. The number of hydrogen-bond donors (Lipinski definition) is 1. The molecule has 0 heterocycles. The molecular formula is C13H9Br2ClIN. The zero-order valence-corrected chi connectivity index (χ0v) is 15.3. The third-order valence-corrected chi connectivity index (χ3v) is 4.72. The van der Waals surface area contributed by atoms with Crippen molar-refractivity contribution < 1.29 is 0 Å². The van der Waals surface area contributed by atoms with Gasteiger partial charge in [-0.2, -0.15) is 0 Å². The number of benzene rings is 2. The number of nitrogens with one attached hydrogen (secondary N) is 1. The molecule has 0 aliphatic heterocycles. The van der Waals surface area contributed by atoms with Crippen molar-refractivity contribution in [3.8, 4) is 0 Å². The van der Waals surface area contributed by atoms with Crippen LogP contribution in [0.1, 0.15) is 5.56 Å². The van der Waals surface area contributed by atoms with Crippen LogP contribution in [0.4, 0.5) is 5.69 Å². The van der Waals surface area contributed by atoms with Crippen LogP contribution in [0.15, 0.2) is 45.3 Å². The first-order valence-electron chi connectivity index (χ1n) is 5.19. The lowest BCUT2D eigenvalue weighted by Gasteiger charge is -2.10. The fraction of sp³-hybridized carbons (Fsp3) is 0.0769. The average molecular weight is 501 g/mol. The van der Waals surface area contributed by atoms with Crippen molar-refractivity contribution >= 4 is 71.7 Å². The van der Waals surface area contributed by atoms with Gasteiger partial charge < -0.3 is 5.32 Å². The Morgan fingerprint density at radius 1 is 1.06 bits per heavy atom. The molecule has 0 aliphatic rings. The first kappa shape index (κ1) is 14.6. The summed E-state index contributed by atoms with van der Waals surface area (Å²) in [5.74, 6) is 0. The van der Waals surface area contributed by atoms with E-state index in [9.17, 15) is 0 Å². The van der Waals surface area contributed by atoms with E-state index in [1.54, 1.807) is 0 Å². The molecule has 0 amide bonds. The highest BCUT2D eigenvalue weighted by atomic mass is 127. The molecule has 0 unspecified atom stereocenters. The van der Waals surface area contributed by atoms with E-state index < -0.39 is 0 Å². The van der Waals surface area contributed by atoms with Gasteiger partial charge in [-0.3, -0.25) is 0 Å². The summed E-state index contributed by atoms with van der Waals surface area (Å²) in [6, 6.07) is 12.0. The van der Waals surface area contributed by atoms with Gasteiger partial charge in [-0.1, -0.05) is 33.6 Å². The van der Waals surface area contributed by atoms with E-state index in [0.29, 0.717) is 0 Å². The summed E-state index contributed by atoms with van der Waals surface area (Å²) in [4.78, 5) is 0. The fourth-order valence-corrected chi connectivity index (χ4v) is 3.75. The molecule has 2 aromatic rings. The van der Waals surface area contributed by atoms with Crippen LogP contribution in [-0.4, -0.2) is 0 Å². The van der Waals surface area contributed by atoms with Crippen LogP contribution >= 0.6 is 66.1 Å². The minimum Gasteiger partial charge on any atom is -0.380 e. The maximum absolute atomic E-state index is 5.92. The molecule has 0 spiro atoms. The summed E-state index contributed by atoms with van der Waals surface area (Å²) in [6.45, 7) is 0.747. The van der Waals surface area contributed by atoms with Crippen LogP contribution in [0.5, 0.6) is 0 Å². The van der Waals surface area contributed by atoms with E-state index in [1.807, 2.05) is 18.2 Å². The van der Waals surface area contributed by atoms with E-state index >= 15 is 0 Å². The van der Waals surface area contributed by atoms with Crippen LogP contribution in [0.3, 0.4) is 0 Å². The van der Waals surface area contributed by atoms with Crippen molar-refractivity contribution in [2.45, 2.75) is 6.54 Å². The monoisotopic (exact) mass is 499 g/mol. The Morgan fingerprint density at radius 2 is 1.83 bits per heavy atom. The number of hydrogen-bond acceptors (Lipinski definition) is 1. The molecule has 0 radical (unpaired) electrons. The first-order valence-corrected chi connectivity index (χ1v) is 8.23. The molecule has 0 aromatic heterocycles. The Bertz CT molecular complexity index is 523. The highest BCUT2D eigenvalue weighted by molar-refractivity contribution is 14.1. The van der Waals surface area contributed by atoms with E-state index in [2.05, 4.69) is 78.0 Å². The Kier molecular flexibility index (Phi) is 5.35. The van der Waals surface area contributed by atoms with Crippen LogP contribution in [0.25, 0.3) is 0 Å². The standard InChI is InChI=1S/C13H9Br2ClIN/c14-11-5-9(16)2-1-8(11)7-18-13-4-3-10(17)6-12(13)15/h1-6,18H,7H2. The molecule has 94 valence electrons. The minimum absolute atomic E-state index is 0.737. The molecule has 0 aliphatic carbocycles. The Labute approximate surface area is 142 Å². The lowest BCUT2D eigenvalue weighted by atomic mass is 10.2. The molecule has 18 heavy (non-hydrogen) atoms. The maximum atomic E-state index is 5.92. The Hall–Kier alpha value is 0.220. The summed E-state index contributed by atoms with van der Waals surface area (Å²) in [6.07, 6.45) is 0. The predicted octanol–water partition coefficient (Wildman–Crippen LogP) is 6.08. The van der Waals surface area contributed by atoms with E-state index in [4.69, 9.17) is 11.6 Å². The van der Waals surface area contributed by atoms with Crippen molar-refractivity contribution in [3.05, 3.63) is 59.5 Å². The van der Waals surface area contributed by atoms with Gasteiger partial charge in [0.05, 0.1) is 0 Å². The Morgan fingerprint density at radius 3 is 2.50 bits per heavy atom. The number of halogens is 4. The quantitative estimate of drug-likeness (QED) is 0.503. The number of anilines is 1. The van der Waals surface area contributed by atoms with Crippen LogP contribution in [0.2, 0.25) is 5.02 Å². The van der Waals surface area contributed by atoms with E-state index in [1.165, 1.54) is 9.13 Å². The normalized spacial score (nSPS) is 10.4. The van der Waals surface area contributed by atoms with Crippen LogP contribution in [-0.2, 0) is 6.54 Å². The molecule has 2 rings (SSSR count). The molecule has 0 atom stereocenters. The summed E-state index contributed by atoms with van der Waals surface area (Å²) in [5.41, 5.74) is 2.25. The maximum Gasteiger partial charge on any atom is 0.0488 e. The minimum atomic E-state index is 0.737. The van der Waals surface area contributed by atoms with Crippen molar-refractivity contribution in [2.24, 2.45) is 0 Å². The number of rotatable bonds is 3. The second kappa shape index (κ2) is 6.59. The third-order valence-electron chi connectivity index (χ3n) is 2.42. The SMILES string of the molecule is Clc1ccc(CNc2ccc(I)cc2Br)c(Br)c1. The van der Waals surface area contributed by atoms with Gasteiger partial charge in [0.25, 0.3) is 0 Å². The van der Waals surface area contributed by atoms with Gasteiger partial charge >= 0.3 is 0 Å². The van der Waals surface area contributed by atoms with Gasteiger partial charge in [0.2, 0.25) is 0 Å². The zero-order chi connectivity index (χ0) is 13.1. The van der Waals surface area contributed by atoms with E-state index in [0.717, 1.165) is 26.2 Å². The second-order valence-electron chi connectivity index (χ2n) is 3.71. The average Bonchev–Trinajstić information content (AvgIpc) is 2.30. The second-order valence-corrected chi connectivity index (χ2v) is 7.10. The predicted molar refractivity (Wildman–Crippen MR) is 93.3 cm³/mol. The van der Waals surface area contributed by atoms with Gasteiger partial charge in [0, 0.05) is 29.8 Å². The lowest BCUT2D eigenvalue weighted by Crippen LogP contribution is -2.00. The summed E-state index contributed by atoms with van der Waals surface area (Å²) in [7, 11) is 0. The van der Waals surface area contributed by atoms with Crippen LogP contribution in [0, 0.1) is 3.57 Å². The van der Waals surface area contributed by atoms with Crippen molar-refractivity contribution in [1.82, 2.24) is 0 Å². The molecule has 0 fully saturated rings. The summed E-state index contributed by atoms with van der Waals surface area (Å²) < 4.78 is 3.29. The topological polar surface area (TPSA) is 12.0 Å². The molecular weight excluding hydrogens is 492 g/mol. The zero-order valence-electron chi connectivity index (χ0n) is 9.18. The van der Waals surface area contributed by atoms with E-state index in [-0.39, 0.29) is 0 Å². The lowest BCUT2D eigenvalue weighted by molar-refractivity contribution is 1.13. The smallest absolute Gasteiger partial charge is 0.0488 e. The van der Waals surface area contributed by atoms with Gasteiger partial charge in [-0.15, -0.1) is 0 Å². The van der Waals surface area contributed by atoms with Crippen molar-refractivity contribution in [3.63, 3.8) is 0 Å². The highest BCUT2D eigenvalue weighted by Crippen LogP contribution is 2.27. The first-order chi connectivity index (χ1) is 8.56. The molecule has 1 N–H and O–H groups in total. The van der Waals surface area contributed by atoms with Crippen molar-refractivity contribution in [1.29, 1.82) is 0 Å². The molecule has 5 heteroatoms. The third kappa shape index (κ3) is 3.85. The summed E-state index contributed by atoms with van der Waals surface area (Å²) >= 11 is 15.3. The molecule has 2 aromatic carbocycles. The highest BCUT2D eigenvalue weighted by Gasteiger charge is 2.03. The molecule has 0 saturated carbocycles. The van der Waals surface area contributed by atoms with Crippen molar-refractivity contribution in [2.75, 3.05) is 5.32 Å². The van der Waals surface area contributed by atoms with Crippen LogP contribution < -0.4 is 5.32 Å². The molecule has 1 nitrogen and oxygen atoms in total.